The van der Waals surface area contributed by atoms with Crippen molar-refractivity contribution in [1.82, 2.24) is 0 Å². The van der Waals surface area contributed by atoms with Crippen LogP contribution >= 0.6 is 0 Å². The molecule has 0 rings (SSSR count). The fraction of sp³-hybridized carbons (Fsp3) is 0.571. The summed E-state index contributed by atoms with van der Waals surface area (Å²) >= 11 is 0. The second kappa shape index (κ2) is 3.57. The van der Waals surface area contributed by atoms with E-state index in [0.717, 1.165) is 6.08 Å². The molecule has 4 heteroatoms. The van der Waals surface area contributed by atoms with Gasteiger partial charge in [0.15, 0.2) is 0 Å². The van der Waals surface area contributed by atoms with Crippen LogP contribution in [0.2, 0.25) is 19.6 Å². The third-order valence-corrected chi connectivity index (χ3v) is 1.73. The van der Waals surface area contributed by atoms with Crippen LogP contribution in [0.15, 0.2) is 11.8 Å². The number of hydrogen-bond acceptors (Lipinski definition) is 2. The van der Waals surface area contributed by atoms with Crippen LogP contribution in [0.1, 0.15) is 6.92 Å². The van der Waals surface area contributed by atoms with Crippen molar-refractivity contribution < 1.29 is 14.3 Å². The van der Waals surface area contributed by atoms with E-state index in [9.17, 15) is 4.79 Å². The van der Waals surface area contributed by atoms with Crippen molar-refractivity contribution in [3.8, 4) is 0 Å². The summed E-state index contributed by atoms with van der Waals surface area (Å²) in [6.45, 7) is 7.68. The molecular weight excluding hydrogens is 160 g/mol. The van der Waals surface area contributed by atoms with Gasteiger partial charge in [0.25, 0.3) is 0 Å². The van der Waals surface area contributed by atoms with Crippen LogP contribution in [-0.2, 0) is 9.22 Å². The summed E-state index contributed by atoms with van der Waals surface area (Å²) < 4.78 is 5.37. The Bertz CT molecular complexity index is 179. The van der Waals surface area contributed by atoms with Crippen LogP contribution in [0.25, 0.3) is 0 Å². The van der Waals surface area contributed by atoms with Gasteiger partial charge in [-0.2, -0.15) is 0 Å². The highest BCUT2D eigenvalue weighted by Crippen LogP contribution is 2.08. The number of carboxylic acid groups (broad SMARTS) is 1. The normalized spacial score (nSPS) is 12.9. The molecule has 0 fully saturated rings. The molecule has 3 nitrogen and oxygen atoms in total. The van der Waals surface area contributed by atoms with Gasteiger partial charge in [-0.1, -0.05) is 0 Å². The Morgan fingerprint density at radius 3 is 2.18 bits per heavy atom. The zero-order chi connectivity index (χ0) is 9.07. The first-order valence-corrected chi connectivity index (χ1v) is 6.82. The maximum atomic E-state index is 10.2. The lowest BCUT2D eigenvalue weighted by atomic mass is 10.5. The number of hydrogen-bond donors (Lipinski definition) is 1. The van der Waals surface area contributed by atoms with Crippen molar-refractivity contribution in [1.29, 1.82) is 0 Å². The summed E-state index contributed by atoms with van der Waals surface area (Å²) in [4.78, 5) is 10.2. The molecule has 0 atom stereocenters. The summed E-state index contributed by atoms with van der Waals surface area (Å²) in [6.07, 6.45) is 1.08. The Morgan fingerprint density at radius 2 is 1.91 bits per heavy atom. The van der Waals surface area contributed by atoms with E-state index >= 15 is 0 Å². The molecule has 64 valence electrons. The molecule has 1 N–H and O–H groups in total. The highest BCUT2D eigenvalue weighted by molar-refractivity contribution is 6.70. The summed E-state index contributed by atoms with van der Waals surface area (Å²) in [6, 6.07) is 0. The first-order chi connectivity index (χ1) is 4.81. The molecule has 0 heterocycles. The molecule has 0 aromatic heterocycles. The summed E-state index contributed by atoms with van der Waals surface area (Å²) in [5, 5.41) is 8.34. The molecule has 0 saturated carbocycles. The fourth-order valence-electron chi connectivity index (χ4n) is 0.686. The molecule has 0 aliphatic heterocycles. The van der Waals surface area contributed by atoms with Crippen molar-refractivity contribution in [3.05, 3.63) is 11.8 Å². The summed E-state index contributed by atoms with van der Waals surface area (Å²) in [5.41, 5.74) is 0. The number of allylic oxidation sites excluding steroid dienone is 1. The van der Waals surface area contributed by atoms with E-state index in [-0.39, 0.29) is 0 Å². The predicted molar refractivity (Wildman–Crippen MR) is 45.8 cm³/mol. The highest BCUT2D eigenvalue weighted by Gasteiger charge is 2.15. The molecule has 0 saturated heterocycles. The molecule has 0 aromatic carbocycles. The number of rotatable bonds is 3. The lowest BCUT2D eigenvalue weighted by molar-refractivity contribution is -0.131. The Labute approximate surface area is 67.8 Å². The van der Waals surface area contributed by atoms with E-state index in [4.69, 9.17) is 9.53 Å². The zero-order valence-electron chi connectivity index (χ0n) is 7.34. The van der Waals surface area contributed by atoms with E-state index < -0.39 is 14.3 Å². The Hall–Kier alpha value is -0.773. The smallest absolute Gasteiger partial charge is 0.331 e. The maximum absolute atomic E-state index is 10.2. The molecule has 0 bridgehead atoms. The van der Waals surface area contributed by atoms with Crippen LogP contribution < -0.4 is 0 Å². The molecule has 0 aromatic rings. The maximum Gasteiger partial charge on any atom is 0.331 e. The van der Waals surface area contributed by atoms with E-state index in [2.05, 4.69) is 0 Å². The molecule has 11 heavy (non-hydrogen) atoms. The van der Waals surface area contributed by atoms with Gasteiger partial charge in [-0.15, -0.1) is 0 Å². The van der Waals surface area contributed by atoms with Gasteiger partial charge in [-0.05, 0) is 26.6 Å². The van der Waals surface area contributed by atoms with Crippen molar-refractivity contribution in [3.63, 3.8) is 0 Å². The van der Waals surface area contributed by atoms with Gasteiger partial charge in [0.05, 0.1) is 11.8 Å². The average molecular weight is 174 g/mol. The largest absolute Gasteiger partial charge is 0.547 e. The third-order valence-electron chi connectivity index (χ3n) is 0.794. The van der Waals surface area contributed by atoms with E-state index in [1.807, 2.05) is 19.6 Å². The Morgan fingerprint density at radius 1 is 1.45 bits per heavy atom. The summed E-state index contributed by atoms with van der Waals surface area (Å²) in [7, 11) is -1.62. The van der Waals surface area contributed by atoms with Crippen LogP contribution in [0.4, 0.5) is 0 Å². The average Bonchev–Trinajstić information content (AvgIpc) is 1.53. The van der Waals surface area contributed by atoms with Crippen molar-refractivity contribution in [2.45, 2.75) is 26.6 Å². The Kier molecular flexibility index (Phi) is 3.32. The van der Waals surface area contributed by atoms with Gasteiger partial charge in [0.1, 0.15) is 0 Å². The Balaban J connectivity index is 4.07. The quantitative estimate of drug-likeness (QED) is 0.403. The molecule has 0 radical (unpaired) electrons. The van der Waals surface area contributed by atoms with Crippen molar-refractivity contribution in [2.24, 2.45) is 0 Å². The van der Waals surface area contributed by atoms with Crippen LogP contribution in [0.5, 0.6) is 0 Å². The molecule has 0 aliphatic carbocycles. The van der Waals surface area contributed by atoms with Crippen LogP contribution in [0, 0.1) is 0 Å². The minimum Gasteiger partial charge on any atom is -0.547 e. The van der Waals surface area contributed by atoms with E-state index in [0.29, 0.717) is 5.76 Å². The molecule has 0 aliphatic rings. The van der Waals surface area contributed by atoms with Gasteiger partial charge >= 0.3 is 5.97 Å². The van der Waals surface area contributed by atoms with Gasteiger partial charge in [0.2, 0.25) is 8.32 Å². The second-order valence-corrected chi connectivity index (χ2v) is 7.74. The standard InChI is InChI=1S/C7H14O3Si/c1-6(5-7(8)9)10-11(2,3)4/h5H,1-4H3,(H,8,9). The van der Waals surface area contributed by atoms with Gasteiger partial charge < -0.3 is 9.53 Å². The third kappa shape index (κ3) is 7.12. The van der Waals surface area contributed by atoms with Crippen LogP contribution in [0.3, 0.4) is 0 Å². The van der Waals surface area contributed by atoms with E-state index in [1.54, 1.807) is 6.92 Å². The zero-order valence-corrected chi connectivity index (χ0v) is 8.34. The summed E-state index contributed by atoms with van der Waals surface area (Å²) in [5.74, 6) is -0.475. The second-order valence-electron chi connectivity index (χ2n) is 3.31. The topological polar surface area (TPSA) is 46.5 Å². The van der Waals surface area contributed by atoms with Crippen molar-refractivity contribution in [2.75, 3.05) is 0 Å². The lowest BCUT2D eigenvalue weighted by Gasteiger charge is -2.18. The highest BCUT2D eigenvalue weighted by atomic mass is 28.4. The SMILES string of the molecule is CC(=CC(=O)O)O[Si](C)(C)C. The van der Waals surface area contributed by atoms with Gasteiger partial charge in [-0.3, -0.25) is 0 Å². The number of carbonyl (C=O) groups is 1. The molecule has 0 spiro atoms. The number of carboxylic acids is 1. The lowest BCUT2D eigenvalue weighted by Crippen LogP contribution is -2.24. The first-order valence-electron chi connectivity index (χ1n) is 3.41. The van der Waals surface area contributed by atoms with Crippen LogP contribution in [-0.4, -0.2) is 19.4 Å². The van der Waals surface area contributed by atoms with E-state index in [1.165, 1.54) is 0 Å². The minimum absolute atomic E-state index is 0.483. The minimum atomic E-state index is -1.62. The van der Waals surface area contributed by atoms with Crippen molar-refractivity contribution >= 4 is 14.3 Å². The molecule has 0 unspecified atom stereocenters. The fourth-order valence-corrected chi connectivity index (χ4v) is 1.71. The number of aliphatic carboxylic acids is 1. The van der Waals surface area contributed by atoms with Gasteiger partial charge in [-0.25, -0.2) is 4.79 Å². The molecular formula is C7H14O3Si. The van der Waals surface area contributed by atoms with Gasteiger partial charge in [0, 0.05) is 0 Å². The predicted octanol–water partition coefficient (Wildman–Crippen LogP) is 1.83. The monoisotopic (exact) mass is 174 g/mol. The molecule has 0 amide bonds. The first kappa shape index (κ1) is 10.2.